The van der Waals surface area contributed by atoms with Gasteiger partial charge < -0.3 is 14.9 Å². The number of rotatable bonds is 7. The first-order valence-corrected chi connectivity index (χ1v) is 21.1. The third kappa shape index (κ3) is 6.30. The van der Waals surface area contributed by atoms with Gasteiger partial charge in [0.1, 0.15) is 7.05 Å². The number of hydrogen-bond acceptors (Lipinski definition) is 3. The van der Waals surface area contributed by atoms with E-state index in [0.717, 1.165) is 42.6 Å². The maximum absolute atomic E-state index is 12.0. The molecular formula is C54H54N3O2+. The van der Waals surface area contributed by atoms with Crippen molar-refractivity contribution in [2.24, 2.45) is 5.41 Å². The molecule has 5 nitrogen and oxygen atoms in total. The fourth-order valence-corrected chi connectivity index (χ4v) is 10.6. The summed E-state index contributed by atoms with van der Waals surface area (Å²) in [7, 11) is 4.43. The van der Waals surface area contributed by atoms with Crippen LogP contribution < -0.4 is 9.80 Å². The van der Waals surface area contributed by atoms with Gasteiger partial charge in [0.2, 0.25) is 0 Å². The molecular weight excluding hydrogens is 723 g/mol. The average Bonchev–Trinajstić information content (AvgIpc) is 3.56. The largest absolute Gasteiger partial charge is 0.478 e. The van der Waals surface area contributed by atoms with Gasteiger partial charge in [-0.3, -0.25) is 0 Å². The summed E-state index contributed by atoms with van der Waals surface area (Å²) in [6.45, 7) is 11.6. The number of anilines is 3. The summed E-state index contributed by atoms with van der Waals surface area (Å²) in [6, 6.07) is 40.6. The van der Waals surface area contributed by atoms with Gasteiger partial charge in [-0.2, -0.15) is 0 Å². The Morgan fingerprint density at radius 1 is 0.814 bits per heavy atom. The lowest BCUT2D eigenvalue weighted by molar-refractivity contribution is -0.443. The van der Waals surface area contributed by atoms with Crippen LogP contribution in [0.25, 0.3) is 16.3 Å². The van der Waals surface area contributed by atoms with E-state index in [1.54, 1.807) is 6.07 Å². The molecule has 5 aromatic carbocycles. The number of benzene rings is 5. The monoisotopic (exact) mass is 776 g/mol. The van der Waals surface area contributed by atoms with Crippen molar-refractivity contribution < 1.29 is 14.5 Å². The highest BCUT2D eigenvalue weighted by molar-refractivity contribution is 6.08. The third-order valence-electron chi connectivity index (χ3n) is 13.5. The van der Waals surface area contributed by atoms with Crippen LogP contribution in [0.3, 0.4) is 0 Å². The predicted molar refractivity (Wildman–Crippen MR) is 245 cm³/mol. The molecule has 1 unspecified atom stereocenters. The van der Waals surface area contributed by atoms with E-state index < -0.39 is 5.97 Å². The summed E-state index contributed by atoms with van der Waals surface area (Å²) in [5.74, 6) is -0.656. The lowest BCUT2D eigenvalue weighted by Gasteiger charge is -2.34. The zero-order valence-electron chi connectivity index (χ0n) is 35.4. The first kappa shape index (κ1) is 38.3. The fourth-order valence-electron chi connectivity index (χ4n) is 10.6. The van der Waals surface area contributed by atoms with Crippen LogP contribution in [0.15, 0.2) is 168 Å². The highest BCUT2D eigenvalue weighted by Gasteiger charge is 2.49. The Hall–Kier alpha value is -6.20. The summed E-state index contributed by atoms with van der Waals surface area (Å²) in [4.78, 5) is 16.8. The molecule has 0 aromatic heterocycles. The van der Waals surface area contributed by atoms with E-state index in [1.807, 2.05) is 12.1 Å². The normalized spacial score (nSPS) is 20.9. The van der Waals surface area contributed by atoms with Gasteiger partial charge in [-0.15, -0.1) is 0 Å². The van der Waals surface area contributed by atoms with E-state index >= 15 is 0 Å². The van der Waals surface area contributed by atoms with Crippen molar-refractivity contribution in [2.45, 2.75) is 71.6 Å². The van der Waals surface area contributed by atoms with Crippen LogP contribution in [0.1, 0.15) is 93.3 Å². The molecule has 0 saturated carbocycles. The molecule has 0 spiro atoms. The van der Waals surface area contributed by atoms with Gasteiger partial charge in [-0.1, -0.05) is 106 Å². The summed E-state index contributed by atoms with van der Waals surface area (Å²) in [6.07, 6.45) is 13.4. The molecule has 2 heterocycles. The highest BCUT2D eigenvalue weighted by Crippen LogP contribution is 2.53. The van der Waals surface area contributed by atoms with Gasteiger partial charge in [0.15, 0.2) is 11.4 Å². The first-order chi connectivity index (χ1) is 28.4. The number of hydrogen-bond donors (Lipinski definition) is 1. The molecule has 0 amide bonds. The lowest BCUT2D eigenvalue weighted by atomic mass is 9.71. The van der Waals surface area contributed by atoms with Crippen molar-refractivity contribution >= 4 is 45.1 Å². The van der Waals surface area contributed by atoms with E-state index in [0.29, 0.717) is 5.56 Å². The molecule has 9 rings (SSSR count). The van der Waals surface area contributed by atoms with E-state index in [9.17, 15) is 9.90 Å². The molecule has 2 aliphatic heterocycles. The second-order valence-corrected chi connectivity index (χ2v) is 17.8. The Morgan fingerprint density at radius 2 is 1.49 bits per heavy atom. The number of carbonyl (C=O) groups is 1. The standard InChI is InChI=1S/C54H53N3O2/c1-35-33-46-50(43-29-25-39(52(58)59)34-44(35)43)54(4,5)48(56(46)7)32-28-38-19-16-18-37(51(38)57(40-20-10-8-11-21-40)41-22-12-9-13-23-41)27-31-47-53(2,3)49-42-24-15-14-17-36(42)26-30-45(49)55(47)6/h8-15,17,20-32,34-35H,16,18-19,33H2,1-7H3/p+1. The highest BCUT2D eigenvalue weighted by atomic mass is 16.4. The molecule has 4 aliphatic rings. The fraction of sp³-hybridized carbons (Fsp3) is 0.259. The maximum atomic E-state index is 12.0. The molecule has 2 aliphatic carbocycles. The number of allylic oxidation sites excluding steroid dienone is 9. The van der Waals surface area contributed by atoms with Crippen LogP contribution in [-0.2, 0) is 5.41 Å². The second kappa shape index (κ2) is 14.6. The van der Waals surface area contributed by atoms with Crippen LogP contribution in [0, 0.1) is 5.41 Å². The van der Waals surface area contributed by atoms with Crippen molar-refractivity contribution in [3.8, 4) is 0 Å². The van der Waals surface area contributed by atoms with Crippen molar-refractivity contribution in [1.29, 1.82) is 0 Å². The number of carboxylic acid groups (broad SMARTS) is 1. The number of likely N-dealkylation sites (N-methyl/N-ethyl adjacent to an activating group) is 1. The number of aromatic carboxylic acids is 1. The molecule has 0 radical (unpaired) electrons. The smallest absolute Gasteiger partial charge is 0.335 e. The Bertz CT molecular complexity index is 2680. The molecule has 0 fully saturated rings. The minimum Gasteiger partial charge on any atom is -0.478 e. The van der Waals surface area contributed by atoms with E-state index in [1.165, 1.54) is 67.1 Å². The zero-order valence-corrected chi connectivity index (χ0v) is 35.4. The summed E-state index contributed by atoms with van der Waals surface area (Å²) in [5.41, 5.74) is 16.1. The second-order valence-electron chi connectivity index (χ2n) is 17.8. The topological polar surface area (TPSA) is 46.8 Å². The van der Waals surface area contributed by atoms with Crippen molar-refractivity contribution in [2.75, 3.05) is 23.9 Å². The molecule has 59 heavy (non-hydrogen) atoms. The average molecular weight is 777 g/mol. The van der Waals surface area contributed by atoms with Gasteiger partial charge in [0, 0.05) is 53.3 Å². The number of para-hydroxylation sites is 2. The van der Waals surface area contributed by atoms with Gasteiger partial charge in [0.25, 0.3) is 0 Å². The molecule has 1 N–H and O–H groups in total. The Labute approximate surface area is 349 Å². The third-order valence-corrected chi connectivity index (χ3v) is 13.5. The number of nitrogens with zero attached hydrogens (tertiary/aromatic N) is 3. The van der Waals surface area contributed by atoms with Crippen LogP contribution in [0.5, 0.6) is 0 Å². The molecule has 0 saturated heterocycles. The SMILES string of the molecule is CC1CC2=C(c3ccc(C(=O)O)cc31)C(C)(C)C(/C=C/C1=C(N(c3ccccc3)c3ccccc3)C(=C/C=C3\N(C)c4ccc5ccccc5c4C3(C)C)/CCC1)=[N+]2C. The molecule has 5 aromatic rings. The van der Waals surface area contributed by atoms with Crippen LogP contribution in [0.4, 0.5) is 17.1 Å². The molecule has 0 bridgehead atoms. The molecule has 1 atom stereocenters. The van der Waals surface area contributed by atoms with Gasteiger partial charge in [0.05, 0.1) is 16.7 Å². The van der Waals surface area contributed by atoms with Crippen LogP contribution in [-0.4, -0.2) is 35.5 Å². The summed E-state index contributed by atoms with van der Waals surface area (Å²) >= 11 is 0. The maximum Gasteiger partial charge on any atom is 0.335 e. The first-order valence-electron chi connectivity index (χ1n) is 21.1. The van der Waals surface area contributed by atoms with Crippen molar-refractivity contribution in [3.05, 3.63) is 190 Å². The van der Waals surface area contributed by atoms with Crippen LogP contribution in [0.2, 0.25) is 0 Å². The van der Waals surface area contributed by atoms with Gasteiger partial charge in [-0.25, -0.2) is 9.37 Å². The van der Waals surface area contributed by atoms with Gasteiger partial charge in [-0.05, 0) is 126 Å². The zero-order chi connectivity index (χ0) is 41.2. The lowest BCUT2D eigenvalue weighted by Crippen LogP contribution is -2.25. The van der Waals surface area contributed by atoms with Gasteiger partial charge >= 0.3 is 5.97 Å². The molecule has 5 heteroatoms. The summed E-state index contributed by atoms with van der Waals surface area (Å²) < 4.78 is 2.41. The van der Waals surface area contributed by atoms with E-state index in [4.69, 9.17) is 0 Å². The minimum atomic E-state index is -0.878. The summed E-state index contributed by atoms with van der Waals surface area (Å²) in [5, 5.41) is 12.4. The molecule has 296 valence electrons. The Kier molecular flexibility index (Phi) is 9.46. The number of carboxylic acids is 1. The van der Waals surface area contributed by atoms with E-state index in [-0.39, 0.29) is 16.7 Å². The number of fused-ring (bicyclic) bond motifs is 5. The van der Waals surface area contributed by atoms with Crippen LogP contribution >= 0.6 is 0 Å². The van der Waals surface area contributed by atoms with E-state index in [2.05, 4.69) is 184 Å². The minimum absolute atomic E-state index is 0.186. The van der Waals surface area contributed by atoms with Crippen molar-refractivity contribution in [3.63, 3.8) is 0 Å². The Balaban J connectivity index is 1.18. The quantitative estimate of drug-likeness (QED) is 0.167. The Morgan fingerprint density at radius 3 is 2.19 bits per heavy atom. The predicted octanol–water partition coefficient (Wildman–Crippen LogP) is 12.9. The van der Waals surface area contributed by atoms with Crippen molar-refractivity contribution in [1.82, 2.24) is 0 Å².